The lowest BCUT2D eigenvalue weighted by Gasteiger charge is -2.34. The number of alkyl halides is 3. The molecule has 0 radical (unpaired) electrons. The quantitative estimate of drug-likeness (QED) is 0.339. The molecule has 9 heteroatoms. The number of hydrogen-bond acceptors (Lipinski definition) is 4. The number of nitrogens with one attached hydrogen (secondary N) is 1. The maximum Gasteiger partial charge on any atom is 0.416 e. The van der Waals surface area contributed by atoms with Gasteiger partial charge in [-0.25, -0.2) is 0 Å². The van der Waals surface area contributed by atoms with Crippen molar-refractivity contribution in [1.29, 1.82) is 0 Å². The number of anilines is 1. The van der Waals surface area contributed by atoms with Gasteiger partial charge in [-0.15, -0.1) is 0 Å². The van der Waals surface area contributed by atoms with Crippen molar-refractivity contribution in [2.45, 2.75) is 50.6 Å². The number of piperidine rings is 2. The highest BCUT2D eigenvalue weighted by molar-refractivity contribution is 6.34. The van der Waals surface area contributed by atoms with Gasteiger partial charge in [-0.1, -0.05) is 41.9 Å². The lowest BCUT2D eigenvalue weighted by atomic mass is 10.0. The Hall–Kier alpha value is -3.23. The van der Waals surface area contributed by atoms with Crippen LogP contribution in [0, 0.1) is 0 Å². The van der Waals surface area contributed by atoms with E-state index < -0.39 is 11.7 Å². The molecule has 3 aromatic carbocycles. The molecule has 1 amide bonds. The Morgan fingerprint density at radius 2 is 1.57 bits per heavy atom. The molecule has 3 aromatic rings. The molecular formula is C31H33ClF3N3O2. The summed E-state index contributed by atoms with van der Waals surface area (Å²) in [6, 6.07) is 20.9. The average Bonchev–Trinajstić information content (AvgIpc) is 2.95. The van der Waals surface area contributed by atoms with Crippen LogP contribution in [0.2, 0.25) is 5.02 Å². The van der Waals surface area contributed by atoms with Crippen molar-refractivity contribution in [1.82, 2.24) is 10.2 Å². The van der Waals surface area contributed by atoms with Crippen molar-refractivity contribution in [3.8, 4) is 5.75 Å². The van der Waals surface area contributed by atoms with Crippen LogP contribution >= 0.6 is 11.6 Å². The molecule has 2 aliphatic heterocycles. The average molecular weight is 572 g/mol. The molecule has 0 unspecified atom stereocenters. The van der Waals surface area contributed by atoms with Crippen LogP contribution in [0.15, 0.2) is 72.8 Å². The molecule has 212 valence electrons. The number of amides is 1. The molecular weight excluding hydrogens is 539 g/mol. The van der Waals surface area contributed by atoms with Crippen LogP contribution in [-0.2, 0) is 12.7 Å². The summed E-state index contributed by atoms with van der Waals surface area (Å²) in [4.78, 5) is 17.4. The lowest BCUT2D eigenvalue weighted by molar-refractivity contribution is -0.137. The molecule has 0 bridgehead atoms. The summed E-state index contributed by atoms with van der Waals surface area (Å²) < 4.78 is 44.6. The SMILES string of the molecule is O=C(NC1CCN(Cc2ccccc2)CC1)c1ccc(OC2CCN(c3ccc(C(F)(F)F)cc3)CC2)cc1Cl. The highest BCUT2D eigenvalue weighted by atomic mass is 35.5. The van der Waals surface area contributed by atoms with E-state index >= 15 is 0 Å². The summed E-state index contributed by atoms with van der Waals surface area (Å²) in [7, 11) is 0. The Morgan fingerprint density at radius 3 is 2.20 bits per heavy atom. The number of nitrogens with zero attached hydrogens (tertiary/aromatic N) is 2. The predicted molar refractivity (Wildman–Crippen MR) is 151 cm³/mol. The molecule has 2 saturated heterocycles. The van der Waals surface area contributed by atoms with Crippen LogP contribution in [0.4, 0.5) is 18.9 Å². The second kappa shape index (κ2) is 12.5. The normalized spacial score (nSPS) is 17.6. The van der Waals surface area contributed by atoms with Crippen LogP contribution in [-0.4, -0.2) is 49.1 Å². The van der Waals surface area contributed by atoms with Crippen LogP contribution in [0.3, 0.4) is 0 Å². The van der Waals surface area contributed by atoms with Crippen LogP contribution in [0.5, 0.6) is 5.75 Å². The molecule has 0 atom stereocenters. The standard InChI is InChI=1S/C31H33ClF3N3O2/c32-29-20-27(40-26-14-18-38(19-15-26)25-8-6-23(7-9-25)31(33,34)35)10-11-28(29)30(39)36-24-12-16-37(17-13-24)21-22-4-2-1-3-5-22/h1-11,20,24,26H,12-19,21H2,(H,36,39). The van der Waals surface area contributed by atoms with Gasteiger partial charge in [-0.2, -0.15) is 13.2 Å². The number of hydrogen-bond donors (Lipinski definition) is 1. The minimum absolute atomic E-state index is 0.0393. The summed E-state index contributed by atoms with van der Waals surface area (Å²) in [5, 5.41) is 3.48. The molecule has 40 heavy (non-hydrogen) atoms. The van der Waals surface area contributed by atoms with E-state index in [9.17, 15) is 18.0 Å². The smallest absolute Gasteiger partial charge is 0.416 e. The van der Waals surface area contributed by atoms with Gasteiger partial charge in [0.15, 0.2) is 0 Å². The van der Waals surface area contributed by atoms with Crippen molar-refractivity contribution in [2.24, 2.45) is 0 Å². The fourth-order valence-electron chi connectivity index (χ4n) is 5.38. The highest BCUT2D eigenvalue weighted by Gasteiger charge is 2.30. The fourth-order valence-corrected chi connectivity index (χ4v) is 5.64. The van der Waals surface area contributed by atoms with E-state index in [1.165, 1.54) is 17.7 Å². The van der Waals surface area contributed by atoms with Crippen molar-refractivity contribution in [3.63, 3.8) is 0 Å². The summed E-state index contributed by atoms with van der Waals surface area (Å²) in [5.41, 5.74) is 1.85. The van der Waals surface area contributed by atoms with E-state index in [0.29, 0.717) is 29.4 Å². The van der Waals surface area contributed by atoms with Gasteiger partial charge in [-0.3, -0.25) is 9.69 Å². The first kappa shape index (κ1) is 28.3. The third-order valence-electron chi connectivity index (χ3n) is 7.66. The molecule has 0 saturated carbocycles. The second-order valence-corrected chi connectivity index (χ2v) is 10.9. The van der Waals surface area contributed by atoms with Crippen LogP contribution in [0.25, 0.3) is 0 Å². The van der Waals surface area contributed by atoms with Gasteiger partial charge in [-0.05, 0) is 60.9 Å². The molecule has 0 aliphatic carbocycles. The Morgan fingerprint density at radius 1 is 0.900 bits per heavy atom. The van der Waals surface area contributed by atoms with Gasteiger partial charge in [0.1, 0.15) is 11.9 Å². The zero-order chi connectivity index (χ0) is 28.1. The Balaban J connectivity index is 1.07. The Bertz CT molecular complexity index is 1270. The fraction of sp³-hybridized carbons (Fsp3) is 0.387. The lowest BCUT2D eigenvalue weighted by Crippen LogP contribution is -2.44. The molecule has 5 rings (SSSR count). The molecule has 5 nitrogen and oxygen atoms in total. The number of carbonyl (C=O) groups is 1. The zero-order valence-electron chi connectivity index (χ0n) is 22.2. The van der Waals surface area contributed by atoms with Gasteiger partial charge in [0, 0.05) is 57.3 Å². The van der Waals surface area contributed by atoms with Gasteiger partial charge in [0.05, 0.1) is 16.1 Å². The Labute approximate surface area is 237 Å². The first-order chi connectivity index (χ1) is 19.2. The largest absolute Gasteiger partial charge is 0.490 e. The number of likely N-dealkylation sites (tertiary alicyclic amines) is 1. The number of rotatable bonds is 7. The molecule has 2 aliphatic rings. The van der Waals surface area contributed by atoms with Crippen LogP contribution in [0.1, 0.15) is 47.2 Å². The zero-order valence-corrected chi connectivity index (χ0v) is 22.9. The first-order valence-electron chi connectivity index (χ1n) is 13.7. The molecule has 0 aromatic heterocycles. The second-order valence-electron chi connectivity index (χ2n) is 10.5. The molecule has 2 fully saturated rings. The van der Waals surface area contributed by atoms with E-state index in [1.54, 1.807) is 18.2 Å². The van der Waals surface area contributed by atoms with E-state index in [-0.39, 0.29) is 18.1 Å². The number of halogens is 4. The molecule has 2 heterocycles. The minimum atomic E-state index is -4.34. The highest BCUT2D eigenvalue weighted by Crippen LogP contribution is 2.32. The summed E-state index contributed by atoms with van der Waals surface area (Å²) >= 11 is 6.48. The number of ether oxygens (including phenoxy) is 1. The number of carbonyl (C=O) groups excluding carboxylic acids is 1. The molecule has 0 spiro atoms. The third-order valence-corrected chi connectivity index (χ3v) is 7.97. The van der Waals surface area contributed by atoms with E-state index in [4.69, 9.17) is 16.3 Å². The van der Waals surface area contributed by atoms with Crippen molar-refractivity contribution >= 4 is 23.2 Å². The summed E-state index contributed by atoms with van der Waals surface area (Å²) in [5.74, 6) is 0.423. The van der Waals surface area contributed by atoms with E-state index in [1.807, 2.05) is 6.07 Å². The summed E-state index contributed by atoms with van der Waals surface area (Å²) in [6.07, 6.45) is -1.14. The first-order valence-corrected chi connectivity index (χ1v) is 14.1. The van der Waals surface area contributed by atoms with Crippen molar-refractivity contribution in [2.75, 3.05) is 31.1 Å². The number of benzene rings is 3. The van der Waals surface area contributed by atoms with Crippen LogP contribution < -0.4 is 15.0 Å². The maximum atomic E-state index is 12.9. The monoisotopic (exact) mass is 571 g/mol. The van der Waals surface area contributed by atoms with Gasteiger partial charge in [0.25, 0.3) is 5.91 Å². The summed E-state index contributed by atoms with van der Waals surface area (Å²) in [6.45, 7) is 4.13. The van der Waals surface area contributed by atoms with Crippen molar-refractivity contribution < 1.29 is 22.7 Å². The topological polar surface area (TPSA) is 44.8 Å². The maximum absolute atomic E-state index is 12.9. The van der Waals surface area contributed by atoms with Gasteiger partial charge < -0.3 is 15.0 Å². The van der Waals surface area contributed by atoms with Crippen molar-refractivity contribution in [3.05, 3.63) is 94.5 Å². The van der Waals surface area contributed by atoms with Gasteiger partial charge in [0.2, 0.25) is 0 Å². The van der Waals surface area contributed by atoms with E-state index in [2.05, 4.69) is 39.4 Å². The Kier molecular flexibility index (Phi) is 8.86. The minimum Gasteiger partial charge on any atom is -0.490 e. The third kappa shape index (κ3) is 7.29. The van der Waals surface area contributed by atoms with Gasteiger partial charge >= 0.3 is 6.18 Å². The van der Waals surface area contributed by atoms with E-state index in [0.717, 1.165) is 63.1 Å². The molecule has 1 N–H and O–H groups in total. The predicted octanol–water partition coefficient (Wildman–Crippen LogP) is 6.80.